The molecule has 2 aromatic carbocycles. The molecule has 0 bridgehead atoms. The summed E-state index contributed by atoms with van der Waals surface area (Å²) in [4.78, 5) is 25.4. The summed E-state index contributed by atoms with van der Waals surface area (Å²) in [5.74, 6) is 0.590. The molecule has 0 aliphatic carbocycles. The van der Waals surface area contributed by atoms with Gasteiger partial charge >= 0.3 is 6.09 Å². The molecule has 0 atom stereocenters. The van der Waals surface area contributed by atoms with Crippen LogP contribution < -0.4 is 5.32 Å². The standard InChI is InChI=1S/C25H28N2O5/c1-25(2,3)21-14-18(12-19-13-20(32-22(19)21)15-26-24(29)30)16-4-6-17(7-5-16)23(28)27-8-10-31-11-9-27/h4-7,12-14,26H,8-11,15H2,1-3H3,(H,29,30). The molecule has 7 nitrogen and oxygen atoms in total. The minimum Gasteiger partial charge on any atom is -0.465 e. The maximum absolute atomic E-state index is 12.7. The van der Waals surface area contributed by atoms with E-state index in [1.807, 2.05) is 41.3 Å². The molecule has 1 aliphatic rings. The van der Waals surface area contributed by atoms with Crippen LogP contribution in [0.2, 0.25) is 0 Å². The van der Waals surface area contributed by atoms with Gasteiger partial charge in [0.2, 0.25) is 0 Å². The molecule has 168 valence electrons. The largest absolute Gasteiger partial charge is 0.465 e. The number of furan rings is 1. The Labute approximate surface area is 187 Å². The fourth-order valence-electron chi connectivity index (χ4n) is 3.93. The summed E-state index contributed by atoms with van der Waals surface area (Å²) in [7, 11) is 0. The van der Waals surface area contributed by atoms with E-state index in [1.54, 1.807) is 0 Å². The van der Waals surface area contributed by atoms with Crippen molar-refractivity contribution in [2.45, 2.75) is 32.7 Å². The third-order valence-corrected chi connectivity index (χ3v) is 5.65. The highest BCUT2D eigenvalue weighted by molar-refractivity contribution is 5.95. The summed E-state index contributed by atoms with van der Waals surface area (Å²) in [5, 5.41) is 12.2. The minimum absolute atomic E-state index is 0.0242. The van der Waals surface area contributed by atoms with Gasteiger partial charge in [0.05, 0.1) is 19.8 Å². The van der Waals surface area contributed by atoms with Crippen LogP contribution >= 0.6 is 0 Å². The van der Waals surface area contributed by atoms with Crippen molar-refractivity contribution in [3.63, 3.8) is 0 Å². The molecule has 0 unspecified atom stereocenters. The summed E-state index contributed by atoms with van der Waals surface area (Å²) < 4.78 is 11.3. The van der Waals surface area contributed by atoms with Crippen LogP contribution in [0, 0.1) is 0 Å². The van der Waals surface area contributed by atoms with E-state index >= 15 is 0 Å². The number of benzene rings is 2. The summed E-state index contributed by atoms with van der Waals surface area (Å²) in [6.07, 6.45) is -1.09. The second-order valence-corrected chi connectivity index (χ2v) is 9.05. The van der Waals surface area contributed by atoms with Crippen molar-refractivity contribution < 1.29 is 23.8 Å². The Balaban J connectivity index is 1.67. The molecule has 1 fully saturated rings. The molecule has 0 saturated carbocycles. The van der Waals surface area contributed by atoms with Gasteiger partial charge in [0.1, 0.15) is 11.3 Å². The highest BCUT2D eigenvalue weighted by Crippen LogP contribution is 2.36. The molecular formula is C25H28N2O5. The lowest BCUT2D eigenvalue weighted by molar-refractivity contribution is 0.0303. The first-order valence-electron chi connectivity index (χ1n) is 10.7. The molecule has 7 heteroatoms. The van der Waals surface area contributed by atoms with Gasteiger partial charge < -0.3 is 24.5 Å². The number of carboxylic acid groups (broad SMARTS) is 1. The van der Waals surface area contributed by atoms with Crippen LogP contribution in [0.25, 0.3) is 22.1 Å². The van der Waals surface area contributed by atoms with Gasteiger partial charge in [-0.25, -0.2) is 4.79 Å². The number of hydrogen-bond acceptors (Lipinski definition) is 4. The lowest BCUT2D eigenvalue weighted by atomic mass is 9.84. The van der Waals surface area contributed by atoms with Crippen LogP contribution in [0.4, 0.5) is 4.79 Å². The predicted molar refractivity (Wildman–Crippen MR) is 122 cm³/mol. The quantitative estimate of drug-likeness (QED) is 0.622. The van der Waals surface area contributed by atoms with Gasteiger partial charge in [-0.3, -0.25) is 4.79 Å². The fourth-order valence-corrected chi connectivity index (χ4v) is 3.93. The van der Waals surface area contributed by atoms with E-state index in [9.17, 15) is 9.59 Å². The normalized spacial score (nSPS) is 14.5. The molecule has 1 saturated heterocycles. The number of nitrogens with zero attached hydrogens (tertiary/aromatic N) is 1. The molecule has 2 amide bonds. The third kappa shape index (κ3) is 4.62. The van der Waals surface area contributed by atoms with Crippen LogP contribution in [0.3, 0.4) is 0 Å². The Bertz CT molecular complexity index is 1140. The van der Waals surface area contributed by atoms with E-state index in [0.29, 0.717) is 37.6 Å². The van der Waals surface area contributed by atoms with Crippen LogP contribution in [0.1, 0.15) is 42.5 Å². The molecular weight excluding hydrogens is 408 g/mol. The number of morpholine rings is 1. The first kappa shape index (κ1) is 21.9. The van der Waals surface area contributed by atoms with Gasteiger partial charge in [-0.05, 0) is 46.9 Å². The lowest BCUT2D eigenvalue weighted by Crippen LogP contribution is -2.40. The number of carbonyl (C=O) groups is 2. The smallest absolute Gasteiger partial charge is 0.405 e. The first-order valence-corrected chi connectivity index (χ1v) is 10.7. The molecule has 4 rings (SSSR count). The Morgan fingerprint density at radius 2 is 1.72 bits per heavy atom. The summed E-state index contributed by atoms with van der Waals surface area (Å²) in [6, 6.07) is 13.7. The van der Waals surface area contributed by atoms with E-state index < -0.39 is 6.09 Å². The van der Waals surface area contributed by atoms with Gasteiger partial charge in [0, 0.05) is 29.6 Å². The highest BCUT2D eigenvalue weighted by atomic mass is 16.5. The fraction of sp³-hybridized carbons (Fsp3) is 0.360. The van der Waals surface area contributed by atoms with Gasteiger partial charge in [-0.1, -0.05) is 32.9 Å². The van der Waals surface area contributed by atoms with Gasteiger partial charge in [0.25, 0.3) is 5.91 Å². The van der Waals surface area contributed by atoms with Gasteiger partial charge in [0.15, 0.2) is 0 Å². The van der Waals surface area contributed by atoms with Gasteiger partial charge in [-0.2, -0.15) is 0 Å². The maximum Gasteiger partial charge on any atom is 0.405 e. The monoisotopic (exact) mass is 436 g/mol. The van der Waals surface area contributed by atoms with E-state index in [2.05, 4.69) is 32.2 Å². The molecule has 3 aromatic rings. The number of ether oxygens (including phenoxy) is 1. The number of fused-ring (bicyclic) bond motifs is 1. The average molecular weight is 437 g/mol. The number of nitrogens with one attached hydrogen (secondary N) is 1. The van der Waals surface area contributed by atoms with E-state index in [4.69, 9.17) is 14.3 Å². The van der Waals surface area contributed by atoms with E-state index in [1.165, 1.54) is 0 Å². The molecule has 0 radical (unpaired) electrons. The number of amides is 2. The highest BCUT2D eigenvalue weighted by Gasteiger charge is 2.22. The zero-order valence-corrected chi connectivity index (χ0v) is 18.6. The Morgan fingerprint density at radius 1 is 1.03 bits per heavy atom. The Kier molecular flexibility index (Phi) is 5.93. The van der Waals surface area contributed by atoms with Crippen molar-refractivity contribution in [2.75, 3.05) is 26.3 Å². The van der Waals surface area contributed by atoms with Crippen molar-refractivity contribution in [1.82, 2.24) is 10.2 Å². The number of hydrogen-bond donors (Lipinski definition) is 2. The number of rotatable bonds is 4. The second kappa shape index (κ2) is 8.67. The molecule has 32 heavy (non-hydrogen) atoms. The number of carbonyl (C=O) groups excluding carboxylic acids is 1. The Hall–Kier alpha value is -3.32. The topological polar surface area (TPSA) is 92.0 Å². The predicted octanol–water partition coefficient (Wildman–Crippen LogP) is 4.64. The molecule has 1 aliphatic heterocycles. The summed E-state index contributed by atoms with van der Waals surface area (Å²) in [6.45, 7) is 8.86. The van der Waals surface area contributed by atoms with Crippen molar-refractivity contribution in [3.05, 3.63) is 59.4 Å². The second-order valence-electron chi connectivity index (χ2n) is 9.05. The molecule has 2 heterocycles. The SMILES string of the molecule is CC(C)(C)c1cc(-c2ccc(C(=O)N3CCOCC3)cc2)cc2cc(CNC(=O)O)oc12. The third-order valence-electron chi connectivity index (χ3n) is 5.65. The zero-order valence-electron chi connectivity index (χ0n) is 18.6. The van der Waals surface area contributed by atoms with Crippen LogP contribution in [-0.4, -0.2) is 48.3 Å². The summed E-state index contributed by atoms with van der Waals surface area (Å²) in [5.41, 5.74) is 4.32. The molecule has 0 spiro atoms. The van der Waals surface area contributed by atoms with E-state index in [0.717, 1.165) is 27.7 Å². The minimum atomic E-state index is -1.09. The van der Waals surface area contributed by atoms with Crippen LogP contribution in [-0.2, 0) is 16.7 Å². The van der Waals surface area contributed by atoms with Crippen molar-refractivity contribution >= 4 is 23.0 Å². The lowest BCUT2D eigenvalue weighted by Gasteiger charge is -2.26. The van der Waals surface area contributed by atoms with Crippen molar-refractivity contribution in [1.29, 1.82) is 0 Å². The first-order chi connectivity index (χ1) is 15.2. The van der Waals surface area contributed by atoms with Crippen molar-refractivity contribution in [3.8, 4) is 11.1 Å². The molecule has 1 aromatic heterocycles. The zero-order chi connectivity index (χ0) is 22.9. The average Bonchev–Trinajstić information content (AvgIpc) is 3.19. The van der Waals surface area contributed by atoms with E-state index in [-0.39, 0.29) is 17.9 Å². The summed E-state index contributed by atoms with van der Waals surface area (Å²) >= 11 is 0. The van der Waals surface area contributed by atoms with Gasteiger partial charge in [-0.15, -0.1) is 0 Å². The Morgan fingerprint density at radius 3 is 2.34 bits per heavy atom. The van der Waals surface area contributed by atoms with Crippen molar-refractivity contribution in [2.24, 2.45) is 0 Å². The maximum atomic E-state index is 12.7. The van der Waals surface area contributed by atoms with Crippen LogP contribution in [0.5, 0.6) is 0 Å². The molecule has 2 N–H and O–H groups in total. The van der Waals surface area contributed by atoms with Crippen LogP contribution in [0.15, 0.2) is 46.9 Å².